The van der Waals surface area contributed by atoms with Crippen molar-refractivity contribution in [2.24, 2.45) is 16.6 Å². The zero-order valence-electron chi connectivity index (χ0n) is 6.32. The first-order valence-electron chi connectivity index (χ1n) is 3.30. The fourth-order valence-corrected chi connectivity index (χ4v) is 0.840. The summed E-state index contributed by atoms with van der Waals surface area (Å²) in [5, 5.41) is 18.5. The fourth-order valence-electron chi connectivity index (χ4n) is 0.840. The molecule has 0 saturated carbocycles. The number of hydrogen-bond donors (Lipinski definition) is 2. The molecule has 0 radical (unpaired) electrons. The Morgan fingerprint density at radius 3 is 2.92 bits per heavy atom. The summed E-state index contributed by atoms with van der Waals surface area (Å²) < 4.78 is 4.20. The summed E-state index contributed by atoms with van der Waals surface area (Å²) in [6.45, 7) is 0. The van der Waals surface area contributed by atoms with Crippen LogP contribution in [-0.2, 0) is 4.94 Å². The second-order valence-electron chi connectivity index (χ2n) is 2.30. The number of nitrogens with two attached hydrogens (primary N) is 2. The minimum atomic E-state index is -0.806. The maximum atomic E-state index is 10.9. The number of aromatic nitrogens is 2. The van der Waals surface area contributed by atoms with E-state index < -0.39 is 6.17 Å². The van der Waals surface area contributed by atoms with E-state index in [2.05, 4.69) is 19.9 Å². The van der Waals surface area contributed by atoms with Gasteiger partial charge in [-0.05, 0) is 10.3 Å². The van der Waals surface area contributed by atoms with Gasteiger partial charge in [0.1, 0.15) is 0 Å². The predicted octanol–water partition coefficient (Wildman–Crippen LogP) is -2.38. The van der Waals surface area contributed by atoms with Gasteiger partial charge in [-0.25, -0.2) is 4.94 Å². The lowest BCUT2D eigenvalue weighted by Crippen LogP contribution is -2.49. The monoisotopic (exact) mass is 186 g/mol. The SMILES string of the molecule is NC1=NON(c2cno[n+]2[O-])C1N. The zero-order chi connectivity index (χ0) is 9.42. The van der Waals surface area contributed by atoms with E-state index in [1.54, 1.807) is 0 Å². The molecule has 9 nitrogen and oxygen atoms in total. The molecule has 0 aliphatic carbocycles. The molecule has 1 unspecified atom stereocenters. The third-order valence-electron chi connectivity index (χ3n) is 1.49. The van der Waals surface area contributed by atoms with Gasteiger partial charge < -0.3 is 15.6 Å². The van der Waals surface area contributed by atoms with E-state index in [1.165, 1.54) is 0 Å². The molecule has 1 aromatic rings. The van der Waals surface area contributed by atoms with Crippen molar-refractivity contribution in [1.29, 1.82) is 0 Å². The lowest BCUT2D eigenvalue weighted by molar-refractivity contribution is -0.793. The smallest absolute Gasteiger partial charge is 0.337 e. The molecule has 9 heteroatoms. The first kappa shape index (κ1) is 7.61. The van der Waals surface area contributed by atoms with E-state index in [0.717, 1.165) is 11.3 Å². The van der Waals surface area contributed by atoms with E-state index in [4.69, 9.17) is 11.5 Å². The Balaban J connectivity index is 2.26. The molecule has 1 aromatic heterocycles. The Hall–Kier alpha value is -2.03. The molecule has 0 fully saturated rings. The highest BCUT2D eigenvalue weighted by molar-refractivity contribution is 5.88. The highest BCUT2D eigenvalue weighted by atomic mass is 16.8. The third-order valence-corrected chi connectivity index (χ3v) is 1.49. The van der Waals surface area contributed by atoms with Crippen molar-refractivity contribution >= 4 is 11.7 Å². The van der Waals surface area contributed by atoms with E-state index in [-0.39, 0.29) is 16.6 Å². The van der Waals surface area contributed by atoms with Crippen molar-refractivity contribution < 1.29 is 14.5 Å². The van der Waals surface area contributed by atoms with Crippen molar-refractivity contribution in [3.8, 4) is 0 Å². The average molecular weight is 186 g/mol. The van der Waals surface area contributed by atoms with Gasteiger partial charge in [-0.2, -0.15) is 0 Å². The van der Waals surface area contributed by atoms with Gasteiger partial charge in [0.15, 0.2) is 0 Å². The van der Waals surface area contributed by atoms with Gasteiger partial charge in [0.25, 0.3) is 0 Å². The second kappa shape index (κ2) is 2.48. The number of amidine groups is 1. The van der Waals surface area contributed by atoms with Gasteiger partial charge in [0, 0.05) is 0 Å². The van der Waals surface area contributed by atoms with Crippen LogP contribution in [0, 0.1) is 5.21 Å². The van der Waals surface area contributed by atoms with Crippen molar-refractivity contribution in [2.45, 2.75) is 6.17 Å². The van der Waals surface area contributed by atoms with Crippen LogP contribution in [-0.4, -0.2) is 17.2 Å². The molecule has 0 aromatic carbocycles. The first-order valence-corrected chi connectivity index (χ1v) is 3.30. The molecule has 2 heterocycles. The van der Waals surface area contributed by atoms with Gasteiger partial charge in [0.2, 0.25) is 18.2 Å². The predicted molar refractivity (Wildman–Crippen MR) is 38.6 cm³/mol. The minimum Gasteiger partial charge on any atom is -0.391 e. The molecule has 2 rings (SSSR count). The first-order chi connectivity index (χ1) is 6.20. The van der Waals surface area contributed by atoms with Crippen molar-refractivity contribution in [1.82, 2.24) is 5.16 Å². The summed E-state index contributed by atoms with van der Waals surface area (Å²) in [6.07, 6.45) is 0.334. The molecule has 70 valence electrons. The lowest BCUT2D eigenvalue weighted by atomic mass is 10.4. The Morgan fingerprint density at radius 1 is 1.69 bits per heavy atom. The van der Waals surface area contributed by atoms with Crippen molar-refractivity contribution in [3.63, 3.8) is 0 Å². The highest BCUT2D eigenvalue weighted by Gasteiger charge is 2.35. The van der Waals surface area contributed by atoms with Gasteiger partial charge in [-0.1, -0.05) is 9.97 Å². The molecule has 1 aliphatic rings. The normalized spacial score (nSPS) is 21.5. The number of rotatable bonds is 1. The largest absolute Gasteiger partial charge is 0.391 e. The Bertz CT molecular complexity index is 347. The molecule has 4 N–H and O–H groups in total. The van der Waals surface area contributed by atoms with Gasteiger partial charge >= 0.3 is 5.82 Å². The van der Waals surface area contributed by atoms with E-state index in [9.17, 15) is 5.21 Å². The average Bonchev–Trinajstić information content (AvgIpc) is 2.62. The topological polar surface area (TPSA) is 130 Å². The Kier molecular flexibility index (Phi) is 1.45. The van der Waals surface area contributed by atoms with Crippen LogP contribution in [0.5, 0.6) is 0 Å². The number of hydrogen-bond acceptors (Lipinski definition) is 8. The summed E-state index contributed by atoms with van der Waals surface area (Å²) >= 11 is 0. The van der Waals surface area contributed by atoms with Crippen LogP contribution in [0.1, 0.15) is 0 Å². The van der Waals surface area contributed by atoms with E-state index in [0.29, 0.717) is 0 Å². The molecule has 13 heavy (non-hydrogen) atoms. The highest BCUT2D eigenvalue weighted by Crippen LogP contribution is 2.13. The van der Waals surface area contributed by atoms with Crippen molar-refractivity contribution in [3.05, 3.63) is 11.4 Å². The maximum Gasteiger partial charge on any atom is 0.337 e. The number of hydroxylamine groups is 1. The van der Waals surface area contributed by atoms with E-state index >= 15 is 0 Å². The lowest BCUT2D eigenvalue weighted by Gasteiger charge is -2.10. The summed E-state index contributed by atoms with van der Waals surface area (Å²) in [7, 11) is 0. The fraction of sp³-hybridized carbons (Fsp3) is 0.250. The second-order valence-corrected chi connectivity index (χ2v) is 2.30. The van der Waals surface area contributed by atoms with E-state index in [1.807, 2.05) is 0 Å². The minimum absolute atomic E-state index is 0.0169. The number of anilines is 1. The molecule has 0 spiro atoms. The quantitative estimate of drug-likeness (QED) is 0.468. The molecule has 1 aliphatic heterocycles. The van der Waals surface area contributed by atoms with Crippen LogP contribution < -0.4 is 21.4 Å². The van der Waals surface area contributed by atoms with Gasteiger partial charge in [0.05, 0.1) is 0 Å². The standard InChI is InChI=1S/C4H6N6O3/c5-3-4(6)9(13-8-3)2-1-7-12-10(2)11/h1,4H,6H2,(H2,5,8). The number of oxime groups is 1. The van der Waals surface area contributed by atoms with Crippen LogP contribution in [0.4, 0.5) is 5.82 Å². The summed E-state index contributed by atoms with van der Waals surface area (Å²) in [5.74, 6) is 0.0536. The molecule has 0 amide bonds. The molecular formula is C4H6N6O3. The molecule has 1 atom stereocenters. The van der Waals surface area contributed by atoms with Crippen LogP contribution in [0.3, 0.4) is 0 Å². The zero-order valence-corrected chi connectivity index (χ0v) is 6.32. The Labute approximate surface area is 71.6 Å². The van der Waals surface area contributed by atoms with Crippen LogP contribution in [0.25, 0.3) is 0 Å². The molecule has 0 bridgehead atoms. The number of nitrogens with zero attached hydrogens (tertiary/aromatic N) is 4. The summed E-state index contributed by atoms with van der Waals surface area (Å²) in [4.78, 5) is 4.79. The van der Waals surface area contributed by atoms with Crippen LogP contribution >= 0.6 is 0 Å². The Morgan fingerprint density at radius 2 is 2.46 bits per heavy atom. The summed E-state index contributed by atoms with van der Waals surface area (Å²) in [5.41, 5.74) is 10.8. The molecule has 0 saturated heterocycles. The van der Waals surface area contributed by atoms with Gasteiger partial charge in [-0.3, -0.25) is 5.73 Å². The molecular weight excluding hydrogens is 180 g/mol. The summed E-state index contributed by atoms with van der Waals surface area (Å²) in [6, 6.07) is 0. The van der Waals surface area contributed by atoms with Crippen molar-refractivity contribution in [2.75, 3.05) is 5.06 Å². The van der Waals surface area contributed by atoms with Crippen LogP contribution in [0.15, 0.2) is 16.0 Å². The van der Waals surface area contributed by atoms with Gasteiger partial charge in [-0.15, -0.1) is 0 Å². The van der Waals surface area contributed by atoms with Crippen LogP contribution in [0.2, 0.25) is 0 Å². The maximum absolute atomic E-state index is 10.9. The third kappa shape index (κ3) is 1.02.